The average molecular weight is 390 g/mol. The minimum absolute atomic E-state index is 0.280. The van der Waals surface area contributed by atoms with Crippen LogP contribution in [-0.2, 0) is 9.53 Å². The monoisotopic (exact) mass is 389 g/mol. The fourth-order valence-corrected chi connectivity index (χ4v) is 2.91. The van der Waals surface area contributed by atoms with Crippen molar-refractivity contribution in [1.82, 2.24) is 0 Å². The van der Waals surface area contributed by atoms with E-state index in [1.807, 2.05) is 83.1 Å². The summed E-state index contributed by atoms with van der Waals surface area (Å²) in [6, 6.07) is 14.8. The van der Waals surface area contributed by atoms with Gasteiger partial charge in [-0.05, 0) is 64.4 Å². The van der Waals surface area contributed by atoms with Gasteiger partial charge >= 0.3 is 5.97 Å². The number of carbonyl (C=O) groups excluding carboxylic acids is 1. The summed E-state index contributed by atoms with van der Waals surface area (Å²) in [6.07, 6.45) is 0. The van der Waals surface area contributed by atoms with Crippen LogP contribution < -0.4 is 10.1 Å². The van der Waals surface area contributed by atoms with Gasteiger partial charge in [-0.2, -0.15) is 0 Å². The summed E-state index contributed by atoms with van der Waals surface area (Å²) in [4.78, 5) is 13.0. The van der Waals surface area contributed by atoms with Crippen molar-refractivity contribution in [3.05, 3.63) is 59.1 Å². The van der Waals surface area contributed by atoms with Crippen molar-refractivity contribution >= 4 is 23.3 Å². The highest BCUT2D eigenvalue weighted by molar-refractivity contribution is 6.30. The Morgan fingerprint density at radius 3 is 2.15 bits per heavy atom. The number of nitrogens with one attached hydrogen (secondary N) is 1. The molecule has 4 nitrogen and oxygen atoms in total. The van der Waals surface area contributed by atoms with Crippen LogP contribution in [-0.4, -0.2) is 18.7 Å². The molecule has 0 bridgehead atoms. The van der Waals surface area contributed by atoms with E-state index in [0.29, 0.717) is 10.8 Å². The van der Waals surface area contributed by atoms with Crippen LogP contribution in [0.15, 0.2) is 48.5 Å². The number of hydrogen-bond acceptors (Lipinski definition) is 4. The number of ether oxygens (including phenoxy) is 2. The number of para-hydroxylation sites is 2. The first kappa shape index (κ1) is 21.1. The van der Waals surface area contributed by atoms with E-state index in [-0.39, 0.29) is 12.0 Å². The first-order valence-electron chi connectivity index (χ1n) is 8.93. The maximum absolute atomic E-state index is 13.0. The zero-order valence-electron chi connectivity index (χ0n) is 16.8. The number of esters is 1. The van der Waals surface area contributed by atoms with Crippen molar-refractivity contribution in [3.8, 4) is 5.75 Å². The van der Waals surface area contributed by atoms with Crippen LogP contribution in [0.1, 0.15) is 46.2 Å². The molecule has 0 saturated heterocycles. The highest BCUT2D eigenvalue weighted by Crippen LogP contribution is 2.40. The minimum atomic E-state index is -0.845. The topological polar surface area (TPSA) is 47.6 Å². The molecule has 146 valence electrons. The van der Waals surface area contributed by atoms with Gasteiger partial charge < -0.3 is 14.8 Å². The van der Waals surface area contributed by atoms with Gasteiger partial charge in [-0.3, -0.25) is 4.79 Å². The second-order valence-corrected chi connectivity index (χ2v) is 8.49. The first-order chi connectivity index (χ1) is 12.5. The summed E-state index contributed by atoms with van der Waals surface area (Å²) in [6.45, 7) is 9.36. The van der Waals surface area contributed by atoms with Crippen LogP contribution in [0, 0.1) is 5.41 Å². The summed E-state index contributed by atoms with van der Waals surface area (Å²) in [5.41, 5.74) is 0.323. The Balaban J connectivity index is 2.46. The maximum Gasteiger partial charge on any atom is 0.314 e. The lowest BCUT2D eigenvalue weighted by Crippen LogP contribution is -2.40. The summed E-state index contributed by atoms with van der Waals surface area (Å²) >= 11 is 6.06. The molecule has 0 heterocycles. The van der Waals surface area contributed by atoms with Crippen LogP contribution in [0.3, 0.4) is 0 Å². The first-order valence-corrected chi connectivity index (χ1v) is 9.31. The molecule has 2 aromatic rings. The SMILES string of the molecule is COc1ccccc1NC(c1ccc(Cl)cc1)C(C)(C)C(=O)OC(C)(C)C. The molecule has 1 atom stereocenters. The Labute approximate surface area is 166 Å². The molecule has 0 aliphatic heterocycles. The van der Waals surface area contributed by atoms with Crippen molar-refractivity contribution in [2.45, 2.75) is 46.3 Å². The Bertz CT molecular complexity index is 779. The van der Waals surface area contributed by atoms with Crippen molar-refractivity contribution in [3.63, 3.8) is 0 Å². The number of carbonyl (C=O) groups is 1. The molecule has 2 aromatic carbocycles. The van der Waals surface area contributed by atoms with Gasteiger partial charge in [-0.1, -0.05) is 35.9 Å². The molecule has 1 unspecified atom stereocenters. The number of halogens is 1. The van der Waals surface area contributed by atoms with E-state index in [9.17, 15) is 4.79 Å². The van der Waals surface area contributed by atoms with Crippen LogP contribution in [0.5, 0.6) is 5.75 Å². The van der Waals surface area contributed by atoms with E-state index < -0.39 is 11.0 Å². The number of benzene rings is 2. The maximum atomic E-state index is 13.0. The molecule has 27 heavy (non-hydrogen) atoms. The van der Waals surface area contributed by atoms with Crippen LogP contribution >= 0.6 is 11.6 Å². The van der Waals surface area contributed by atoms with Crippen molar-refractivity contribution in [2.75, 3.05) is 12.4 Å². The van der Waals surface area contributed by atoms with Gasteiger partial charge in [0.05, 0.1) is 24.3 Å². The second-order valence-electron chi connectivity index (χ2n) is 8.05. The Hall–Kier alpha value is -2.20. The van der Waals surface area contributed by atoms with E-state index in [0.717, 1.165) is 11.3 Å². The zero-order valence-corrected chi connectivity index (χ0v) is 17.6. The Kier molecular flexibility index (Phi) is 6.42. The molecule has 0 aliphatic carbocycles. The van der Waals surface area contributed by atoms with Gasteiger partial charge in [-0.25, -0.2) is 0 Å². The number of anilines is 1. The third kappa shape index (κ3) is 5.39. The summed E-state index contributed by atoms with van der Waals surface area (Å²) in [5, 5.41) is 4.12. The quantitative estimate of drug-likeness (QED) is 0.627. The molecule has 5 heteroatoms. The molecule has 0 spiro atoms. The van der Waals surface area contributed by atoms with Crippen molar-refractivity contribution in [1.29, 1.82) is 0 Å². The van der Waals surface area contributed by atoms with Gasteiger partial charge in [0.25, 0.3) is 0 Å². The second kappa shape index (κ2) is 8.22. The predicted octanol–water partition coefficient (Wildman–Crippen LogP) is 5.87. The molecule has 1 N–H and O–H groups in total. The van der Waals surface area contributed by atoms with E-state index in [4.69, 9.17) is 21.1 Å². The van der Waals surface area contributed by atoms with Gasteiger partial charge in [0, 0.05) is 5.02 Å². The van der Waals surface area contributed by atoms with Gasteiger partial charge in [0.1, 0.15) is 11.4 Å². The number of hydrogen-bond donors (Lipinski definition) is 1. The fourth-order valence-electron chi connectivity index (χ4n) is 2.78. The van der Waals surface area contributed by atoms with Crippen LogP contribution in [0.4, 0.5) is 5.69 Å². The predicted molar refractivity (Wildman–Crippen MR) is 110 cm³/mol. The van der Waals surface area contributed by atoms with E-state index in [2.05, 4.69) is 5.32 Å². The normalized spacial score (nSPS) is 13.0. The Morgan fingerprint density at radius 2 is 1.59 bits per heavy atom. The van der Waals surface area contributed by atoms with E-state index in [1.54, 1.807) is 7.11 Å². The standard InChI is InChI=1S/C22H28ClNO3/c1-21(2,3)27-20(25)22(4,5)19(15-11-13-16(23)14-12-15)24-17-9-7-8-10-18(17)26-6/h7-14,19,24H,1-6H3. The Morgan fingerprint density at radius 1 is 1.00 bits per heavy atom. The smallest absolute Gasteiger partial charge is 0.314 e. The highest BCUT2D eigenvalue weighted by Gasteiger charge is 2.41. The molecule has 0 radical (unpaired) electrons. The lowest BCUT2D eigenvalue weighted by atomic mass is 9.80. The largest absolute Gasteiger partial charge is 0.495 e. The third-order valence-electron chi connectivity index (χ3n) is 4.26. The molecule has 2 rings (SSSR count). The zero-order chi connectivity index (χ0) is 20.2. The van der Waals surface area contributed by atoms with Gasteiger partial charge in [0.2, 0.25) is 0 Å². The molecule has 0 aromatic heterocycles. The van der Waals surface area contributed by atoms with Crippen LogP contribution in [0.25, 0.3) is 0 Å². The highest BCUT2D eigenvalue weighted by atomic mass is 35.5. The van der Waals surface area contributed by atoms with Gasteiger partial charge in [0.15, 0.2) is 0 Å². The summed E-state index contributed by atoms with van der Waals surface area (Å²) in [7, 11) is 1.62. The minimum Gasteiger partial charge on any atom is -0.495 e. The lowest BCUT2D eigenvalue weighted by Gasteiger charge is -2.36. The van der Waals surface area contributed by atoms with Crippen LogP contribution in [0.2, 0.25) is 5.02 Å². The number of rotatable bonds is 6. The molecular weight excluding hydrogens is 362 g/mol. The van der Waals surface area contributed by atoms with Gasteiger partial charge in [-0.15, -0.1) is 0 Å². The molecule has 0 fully saturated rings. The summed E-state index contributed by atoms with van der Waals surface area (Å²) < 4.78 is 11.1. The average Bonchev–Trinajstić information content (AvgIpc) is 2.59. The third-order valence-corrected chi connectivity index (χ3v) is 4.51. The van der Waals surface area contributed by atoms with Crippen molar-refractivity contribution in [2.24, 2.45) is 5.41 Å². The molecular formula is C22H28ClNO3. The number of methoxy groups -OCH3 is 1. The summed E-state index contributed by atoms with van der Waals surface area (Å²) in [5.74, 6) is 0.425. The van der Waals surface area contributed by atoms with E-state index >= 15 is 0 Å². The lowest BCUT2D eigenvalue weighted by molar-refractivity contribution is -0.166. The fraction of sp³-hybridized carbons (Fsp3) is 0.409. The molecule has 0 aliphatic rings. The molecule has 0 saturated carbocycles. The van der Waals surface area contributed by atoms with Crippen molar-refractivity contribution < 1.29 is 14.3 Å². The molecule has 0 amide bonds. The van der Waals surface area contributed by atoms with E-state index in [1.165, 1.54) is 0 Å².